The van der Waals surface area contributed by atoms with Gasteiger partial charge in [0.05, 0.1) is 0 Å². The van der Waals surface area contributed by atoms with Crippen LogP contribution >= 0.6 is 0 Å². The lowest BCUT2D eigenvalue weighted by atomic mass is 9.97. The van der Waals surface area contributed by atoms with Crippen molar-refractivity contribution in [3.63, 3.8) is 0 Å². The summed E-state index contributed by atoms with van der Waals surface area (Å²) >= 11 is 0. The average Bonchev–Trinajstić information content (AvgIpc) is 2.01. The van der Waals surface area contributed by atoms with E-state index in [4.69, 9.17) is 4.43 Å². The van der Waals surface area contributed by atoms with Gasteiger partial charge in [-0.05, 0) is 38.4 Å². The molecule has 0 radical (unpaired) electrons. The topological polar surface area (TPSA) is 9.23 Å². The summed E-state index contributed by atoms with van der Waals surface area (Å²) in [6, 6.07) is 0. The third-order valence-electron chi connectivity index (χ3n) is 2.40. The molecule has 0 spiro atoms. The lowest BCUT2D eigenvalue weighted by molar-refractivity contribution is 0.164. The van der Waals surface area contributed by atoms with Gasteiger partial charge in [0, 0.05) is 6.10 Å². The number of hydrogen-bond acceptors (Lipinski definition) is 1. The van der Waals surface area contributed by atoms with Crippen LogP contribution in [0.5, 0.6) is 0 Å². The summed E-state index contributed by atoms with van der Waals surface area (Å²) < 4.78 is 6.16. The summed E-state index contributed by atoms with van der Waals surface area (Å²) in [5, 5.41) is 0. The fraction of sp³-hybridized carbons (Fsp3) is 0.846. The first-order valence-corrected chi connectivity index (χ1v) is 9.58. The Balaban J connectivity index is 4.08. The first kappa shape index (κ1) is 14.9. The van der Waals surface area contributed by atoms with Crippen molar-refractivity contribution >= 4 is 8.32 Å². The molecule has 0 aliphatic heterocycles. The highest BCUT2D eigenvalue weighted by Crippen LogP contribution is 2.20. The maximum atomic E-state index is 6.16. The molecule has 0 rings (SSSR count). The molecular formula is C13H28OSi. The summed E-state index contributed by atoms with van der Waals surface area (Å²) in [4.78, 5) is 0. The molecule has 0 fully saturated rings. The van der Waals surface area contributed by atoms with Gasteiger partial charge in [-0.1, -0.05) is 32.8 Å². The van der Waals surface area contributed by atoms with Gasteiger partial charge in [-0.3, -0.25) is 0 Å². The van der Waals surface area contributed by atoms with E-state index in [-0.39, 0.29) is 0 Å². The van der Waals surface area contributed by atoms with Crippen molar-refractivity contribution in [1.82, 2.24) is 0 Å². The van der Waals surface area contributed by atoms with Crippen molar-refractivity contribution in [2.45, 2.75) is 65.3 Å². The van der Waals surface area contributed by atoms with E-state index < -0.39 is 8.32 Å². The van der Waals surface area contributed by atoms with E-state index in [0.717, 1.165) is 12.3 Å². The Morgan fingerprint density at radius 2 is 1.93 bits per heavy atom. The monoisotopic (exact) mass is 228 g/mol. The van der Waals surface area contributed by atoms with Crippen molar-refractivity contribution in [2.24, 2.45) is 5.92 Å². The second kappa shape index (κ2) is 7.23. The van der Waals surface area contributed by atoms with Crippen LogP contribution in [0.3, 0.4) is 0 Å². The Bertz CT molecular complexity index is 172. The summed E-state index contributed by atoms with van der Waals surface area (Å²) in [5.74, 6) is 0.774. The largest absolute Gasteiger partial charge is 0.414 e. The Morgan fingerprint density at radius 3 is 2.33 bits per heavy atom. The van der Waals surface area contributed by atoms with Crippen molar-refractivity contribution in [3.8, 4) is 0 Å². The maximum absolute atomic E-state index is 6.16. The molecule has 0 aromatic heterocycles. The molecule has 0 saturated carbocycles. The highest BCUT2D eigenvalue weighted by Gasteiger charge is 2.21. The second-order valence-electron chi connectivity index (χ2n) is 5.51. The van der Waals surface area contributed by atoms with E-state index in [1.54, 1.807) is 0 Å². The number of rotatable bonds is 8. The third kappa shape index (κ3) is 8.88. The first-order valence-electron chi connectivity index (χ1n) is 6.17. The van der Waals surface area contributed by atoms with Crippen LogP contribution in [-0.4, -0.2) is 14.4 Å². The van der Waals surface area contributed by atoms with E-state index in [9.17, 15) is 0 Å². The summed E-state index contributed by atoms with van der Waals surface area (Å²) in [7, 11) is -1.40. The van der Waals surface area contributed by atoms with Crippen LogP contribution in [0.2, 0.25) is 19.6 Å². The van der Waals surface area contributed by atoms with Gasteiger partial charge >= 0.3 is 0 Å². The van der Waals surface area contributed by atoms with E-state index >= 15 is 0 Å². The zero-order valence-corrected chi connectivity index (χ0v) is 12.2. The molecule has 0 saturated heterocycles. The van der Waals surface area contributed by atoms with Gasteiger partial charge in [0.25, 0.3) is 0 Å². The second-order valence-corrected chi connectivity index (χ2v) is 9.97. The molecular weight excluding hydrogens is 200 g/mol. The summed E-state index contributed by atoms with van der Waals surface area (Å²) in [6.07, 6.45) is 7.15. The molecule has 2 atom stereocenters. The van der Waals surface area contributed by atoms with Crippen LogP contribution in [0, 0.1) is 5.92 Å². The van der Waals surface area contributed by atoms with Gasteiger partial charge in [-0.2, -0.15) is 0 Å². The maximum Gasteiger partial charge on any atom is 0.184 e. The van der Waals surface area contributed by atoms with Gasteiger partial charge in [0.2, 0.25) is 0 Å². The average molecular weight is 228 g/mol. The number of hydrogen-bond donors (Lipinski definition) is 0. The minimum Gasteiger partial charge on any atom is -0.414 e. The molecule has 0 aromatic carbocycles. The fourth-order valence-corrected chi connectivity index (χ4v) is 3.13. The first-order chi connectivity index (χ1) is 6.89. The van der Waals surface area contributed by atoms with Crippen molar-refractivity contribution in [3.05, 3.63) is 12.7 Å². The Morgan fingerprint density at radius 1 is 1.33 bits per heavy atom. The molecule has 0 amide bonds. The Kier molecular flexibility index (Phi) is 7.19. The van der Waals surface area contributed by atoms with E-state index in [0.29, 0.717) is 6.10 Å². The van der Waals surface area contributed by atoms with Crippen LogP contribution in [0.1, 0.15) is 39.5 Å². The van der Waals surface area contributed by atoms with Gasteiger partial charge in [-0.25, -0.2) is 0 Å². The molecule has 1 nitrogen and oxygen atoms in total. The van der Waals surface area contributed by atoms with Crippen molar-refractivity contribution in [1.29, 1.82) is 0 Å². The Labute approximate surface area is 97.0 Å². The SMILES string of the molecule is C=CCC(CC(C)CCC)O[Si](C)(C)C. The lowest BCUT2D eigenvalue weighted by Crippen LogP contribution is -2.32. The minimum atomic E-state index is -1.40. The quantitative estimate of drug-likeness (QED) is 0.435. The van der Waals surface area contributed by atoms with Crippen LogP contribution in [0.25, 0.3) is 0 Å². The standard InChI is InChI=1S/C13H28OSi/c1-7-9-12(3)11-13(10-8-2)14-15(4,5)6/h8,12-13H,2,7,9-11H2,1,3-6H3. The molecule has 2 unspecified atom stereocenters. The molecule has 0 aromatic rings. The van der Waals surface area contributed by atoms with Gasteiger partial charge in [0.1, 0.15) is 0 Å². The predicted octanol–water partition coefficient (Wildman–Crippen LogP) is 4.61. The zero-order valence-electron chi connectivity index (χ0n) is 11.2. The molecule has 0 aliphatic rings. The van der Waals surface area contributed by atoms with Gasteiger partial charge in [-0.15, -0.1) is 6.58 Å². The molecule has 0 heterocycles. The molecule has 0 N–H and O–H groups in total. The normalized spacial score (nSPS) is 16.1. The van der Waals surface area contributed by atoms with Gasteiger partial charge < -0.3 is 4.43 Å². The van der Waals surface area contributed by atoms with Crippen LogP contribution < -0.4 is 0 Å². The van der Waals surface area contributed by atoms with Crippen LogP contribution in [-0.2, 0) is 4.43 Å². The van der Waals surface area contributed by atoms with Crippen molar-refractivity contribution < 1.29 is 4.43 Å². The highest BCUT2D eigenvalue weighted by molar-refractivity contribution is 6.69. The minimum absolute atomic E-state index is 0.399. The third-order valence-corrected chi connectivity index (χ3v) is 3.44. The van der Waals surface area contributed by atoms with Gasteiger partial charge in [0.15, 0.2) is 8.32 Å². The fourth-order valence-electron chi connectivity index (χ4n) is 1.94. The zero-order chi connectivity index (χ0) is 11.9. The molecule has 0 aliphatic carbocycles. The lowest BCUT2D eigenvalue weighted by Gasteiger charge is -2.27. The van der Waals surface area contributed by atoms with Crippen LogP contribution in [0.15, 0.2) is 12.7 Å². The molecule has 0 bridgehead atoms. The van der Waals surface area contributed by atoms with Crippen LogP contribution in [0.4, 0.5) is 0 Å². The van der Waals surface area contributed by atoms with E-state index in [1.807, 2.05) is 6.08 Å². The summed E-state index contributed by atoms with van der Waals surface area (Å²) in [5.41, 5.74) is 0. The predicted molar refractivity (Wildman–Crippen MR) is 71.7 cm³/mol. The molecule has 15 heavy (non-hydrogen) atoms. The van der Waals surface area contributed by atoms with Crippen molar-refractivity contribution in [2.75, 3.05) is 0 Å². The summed E-state index contributed by atoms with van der Waals surface area (Å²) in [6.45, 7) is 15.2. The smallest absolute Gasteiger partial charge is 0.184 e. The van der Waals surface area contributed by atoms with E-state index in [1.165, 1.54) is 19.3 Å². The Hall–Kier alpha value is -0.0831. The highest BCUT2D eigenvalue weighted by atomic mass is 28.4. The van der Waals surface area contributed by atoms with E-state index in [2.05, 4.69) is 40.1 Å². The molecule has 2 heteroatoms. The molecule has 90 valence electrons.